The van der Waals surface area contributed by atoms with E-state index in [1.807, 2.05) is 12.2 Å². The molecule has 0 radical (unpaired) electrons. The van der Waals surface area contributed by atoms with E-state index >= 15 is 0 Å². The Morgan fingerprint density at radius 3 is 2.83 bits per heavy atom. The number of benzene rings is 1. The van der Waals surface area contributed by atoms with Gasteiger partial charge in [0.2, 0.25) is 0 Å². The highest BCUT2D eigenvalue weighted by Crippen LogP contribution is 2.38. The predicted octanol–water partition coefficient (Wildman–Crippen LogP) is 3.12. The molecule has 0 spiro atoms. The molecule has 0 saturated heterocycles. The molecule has 8 heteroatoms. The number of thioether (sulfide) groups is 1. The van der Waals surface area contributed by atoms with Gasteiger partial charge in [0.1, 0.15) is 12.4 Å². The Bertz CT molecular complexity index is 670. The van der Waals surface area contributed by atoms with Crippen LogP contribution in [-0.4, -0.2) is 62.3 Å². The molecule has 1 unspecified atom stereocenters. The summed E-state index contributed by atoms with van der Waals surface area (Å²) in [4.78, 5) is 10.5. The summed E-state index contributed by atoms with van der Waals surface area (Å²) in [5.74, 6) is 0.0612. The van der Waals surface area contributed by atoms with Gasteiger partial charge >= 0.3 is 5.97 Å². The summed E-state index contributed by atoms with van der Waals surface area (Å²) in [6.07, 6.45) is 4.28. The standard InChI is InChI=1S/C21H29ClO6S/c22-14-6-5-7-16(10-14)28-12-15(23)13-29-21-17(18(24)11-19(21)25)8-3-1-2-4-9-20(26)27/h1,3,5-7,10,15,17-19,21,23-25H,2,4,8-9,11-13H2,(H,26,27)/b3-1-/t15?,17-,18-,19+,21+/m0/s1. The van der Waals surface area contributed by atoms with Crippen LogP contribution in [0.5, 0.6) is 5.75 Å². The summed E-state index contributed by atoms with van der Waals surface area (Å²) >= 11 is 7.35. The van der Waals surface area contributed by atoms with Crippen molar-refractivity contribution >= 4 is 29.3 Å². The molecule has 0 aliphatic heterocycles. The van der Waals surface area contributed by atoms with Crippen molar-refractivity contribution in [2.75, 3.05) is 12.4 Å². The number of allylic oxidation sites excluding steroid dienone is 2. The Labute approximate surface area is 180 Å². The number of halogens is 1. The number of aliphatic hydroxyl groups is 3. The van der Waals surface area contributed by atoms with Gasteiger partial charge in [0.25, 0.3) is 0 Å². The maximum Gasteiger partial charge on any atom is 0.303 e. The number of carboxylic acids is 1. The number of hydrogen-bond acceptors (Lipinski definition) is 6. The Morgan fingerprint density at radius 1 is 1.31 bits per heavy atom. The maximum absolute atomic E-state index is 10.5. The fourth-order valence-corrected chi connectivity index (χ4v) is 4.94. The normalized spacial score (nSPS) is 25.4. The molecule has 0 bridgehead atoms. The molecule has 1 aromatic rings. The van der Waals surface area contributed by atoms with Crippen LogP contribution < -0.4 is 4.74 Å². The molecular weight excluding hydrogens is 416 g/mol. The number of aliphatic carboxylic acids is 1. The number of unbranched alkanes of at least 4 members (excludes halogenated alkanes) is 1. The van der Waals surface area contributed by atoms with Gasteiger partial charge in [0.05, 0.1) is 18.3 Å². The van der Waals surface area contributed by atoms with E-state index in [1.54, 1.807) is 24.3 Å². The van der Waals surface area contributed by atoms with Gasteiger partial charge in [0.15, 0.2) is 0 Å². The smallest absolute Gasteiger partial charge is 0.303 e. The summed E-state index contributed by atoms with van der Waals surface area (Å²) < 4.78 is 5.55. The molecule has 0 aromatic heterocycles. The molecule has 1 saturated carbocycles. The maximum atomic E-state index is 10.5. The molecule has 6 nitrogen and oxygen atoms in total. The van der Waals surface area contributed by atoms with Crippen molar-refractivity contribution in [2.24, 2.45) is 5.92 Å². The van der Waals surface area contributed by atoms with Crippen LogP contribution in [0.25, 0.3) is 0 Å². The van der Waals surface area contributed by atoms with Gasteiger partial charge < -0.3 is 25.2 Å². The summed E-state index contributed by atoms with van der Waals surface area (Å²) in [7, 11) is 0. The van der Waals surface area contributed by atoms with Crippen LogP contribution in [0.4, 0.5) is 0 Å². The zero-order valence-corrected chi connectivity index (χ0v) is 17.8. The number of rotatable bonds is 12. The molecule has 1 aliphatic carbocycles. The van der Waals surface area contributed by atoms with Crippen molar-refractivity contribution in [2.45, 2.75) is 55.7 Å². The van der Waals surface area contributed by atoms with Crippen molar-refractivity contribution < 1.29 is 30.0 Å². The van der Waals surface area contributed by atoms with Gasteiger partial charge in [-0.3, -0.25) is 4.79 Å². The lowest BCUT2D eigenvalue weighted by molar-refractivity contribution is -0.137. The highest BCUT2D eigenvalue weighted by molar-refractivity contribution is 8.00. The zero-order chi connectivity index (χ0) is 21.2. The average Bonchev–Trinajstić information content (AvgIpc) is 2.93. The molecule has 29 heavy (non-hydrogen) atoms. The number of carboxylic acid groups (broad SMARTS) is 1. The molecule has 162 valence electrons. The van der Waals surface area contributed by atoms with Crippen LogP contribution in [-0.2, 0) is 4.79 Å². The lowest BCUT2D eigenvalue weighted by atomic mass is 10.0. The molecule has 2 rings (SSSR count). The number of hydrogen-bond donors (Lipinski definition) is 4. The average molecular weight is 445 g/mol. The van der Waals surface area contributed by atoms with Crippen molar-refractivity contribution in [3.8, 4) is 5.75 Å². The van der Waals surface area contributed by atoms with Crippen molar-refractivity contribution in [1.29, 1.82) is 0 Å². The van der Waals surface area contributed by atoms with Crippen molar-refractivity contribution in [1.82, 2.24) is 0 Å². The lowest BCUT2D eigenvalue weighted by Gasteiger charge is -2.23. The van der Waals surface area contributed by atoms with E-state index in [0.717, 1.165) is 0 Å². The Kier molecular flexibility index (Phi) is 10.3. The quantitative estimate of drug-likeness (QED) is 0.290. The first-order chi connectivity index (χ1) is 13.9. The van der Waals surface area contributed by atoms with Gasteiger partial charge in [0, 0.05) is 34.8 Å². The van der Waals surface area contributed by atoms with Gasteiger partial charge in [-0.15, -0.1) is 0 Å². The van der Waals surface area contributed by atoms with E-state index in [-0.39, 0.29) is 24.2 Å². The molecule has 4 N–H and O–H groups in total. The van der Waals surface area contributed by atoms with Gasteiger partial charge in [-0.2, -0.15) is 11.8 Å². The Balaban J connectivity index is 1.75. The molecule has 0 amide bonds. The topological polar surface area (TPSA) is 107 Å². The van der Waals surface area contributed by atoms with E-state index in [9.17, 15) is 20.1 Å². The van der Waals surface area contributed by atoms with Gasteiger partial charge in [-0.25, -0.2) is 0 Å². The first kappa shape index (κ1) is 24.0. The zero-order valence-electron chi connectivity index (χ0n) is 16.2. The fraction of sp³-hybridized carbons (Fsp3) is 0.571. The minimum atomic E-state index is -0.804. The lowest BCUT2D eigenvalue weighted by Crippen LogP contribution is -2.28. The predicted molar refractivity (Wildman–Crippen MR) is 115 cm³/mol. The van der Waals surface area contributed by atoms with E-state index < -0.39 is 24.3 Å². The molecule has 0 heterocycles. The second-order valence-electron chi connectivity index (χ2n) is 7.25. The van der Waals surface area contributed by atoms with E-state index in [2.05, 4.69) is 0 Å². The highest BCUT2D eigenvalue weighted by Gasteiger charge is 2.41. The van der Waals surface area contributed by atoms with Crippen LogP contribution >= 0.6 is 23.4 Å². The van der Waals surface area contributed by atoms with Crippen molar-refractivity contribution in [3.05, 3.63) is 41.4 Å². The Morgan fingerprint density at radius 2 is 2.10 bits per heavy atom. The third kappa shape index (κ3) is 8.56. The first-order valence-electron chi connectivity index (χ1n) is 9.77. The fourth-order valence-electron chi connectivity index (χ4n) is 3.35. The van der Waals surface area contributed by atoms with Crippen LogP contribution in [0.3, 0.4) is 0 Å². The summed E-state index contributed by atoms with van der Waals surface area (Å²) in [6.45, 7) is 0.118. The highest BCUT2D eigenvalue weighted by atomic mass is 35.5. The van der Waals surface area contributed by atoms with E-state index in [4.69, 9.17) is 21.4 Å². The van der Waals surface area contributed by atoms with Crippen LogP contribution in [0, 0.1) is 5.92 Å². The monoisotopic (exact) mass is 444 g/mol. The minimum Gasteiger partial charge on any atom is -0.491 e. The second kappa shape index (κ2) is 12.4. The van der Waals surface area contributed by atoms with Crippen LogP contribution in [0.1, 0.15) is 32.1 Å². The molecule has 1 fully saturated rings. The van der Waals surface area contributed by atoms with Crippen LogP contribution in [0.2, 0.25) is 5.02 Å². The second-order valence-corrected chi connectivity index (χ2v) is 8.89. The van der Waals surface area contributed by atoms with Crippen LogP contribution in [0.15, 0.2) is 36.4 Å². The Hall–Kier alpha value is -1.25. The summed E-state index contributed by atoms with van der Waals surface area (Å²) in [5.41, 5.74) is 0. The van der Waals surface area contributed by atoms with Crippen molar-refractivity contribution in [3.63, 3.8) is 0 Å². The first-order valence-corrected chi connectivity index (χ1v) is 11.2. The number of aliphatic hydroxyl groups excluding tert-OH is 3. The third-order valence-electron chi connectivity index (χ3n) is 4.83. The summed E-state index contributed by atoms with van der Waals surface area (Å²) in [6, 6.07) is 6.96. The van der Waals surface area contributed by atoms with Gasteiger partial charge in [-0.1, -0.05) is 29.8 Å². The molecule has 1 aliphatic rings. The number of ether oxygens (including phenoxy) is 1. The SMILES string of the molecule is O=C(O)CCC/C=C\C[C@@H]1[C@@H](SCC(O)COc2cccc(Cl)c2)[C@H](O)C[C@@H]1O. The van der Waals surface area contributed by atoms with Gasteiger partial charge in [-0.05, 0) is 37.5 Å². The summed E-state index contributed by atoms with van der Waals surface area (Å²) in [5, 5.41) is 39.8. The molecule has 1 aromatic carbocycles. The minimum absolute atomic E-state index is 0.105. The number of carbonyl (C=O) groups is 1. The van der Waals surface area contributed by atoms with E-state index in [0.29, 0.717) is 42.2 Å². The largest absolute Gasteiger partial charge is 0.491 e. The molecular formula is C21H29ClO6S. The molecule has 5 atom stereocenters. The third-order valence-corrected chi connectivity index (χ3v) is 6.70. The van der Waals surface area contributed by atoms with E-state index in [1.165, 1.54) is 11.8 Å².